The van der Waals surface area contributed by atoms with Crippen molar-refractivity contribution in [2.75, 3.05) is 0 Å². The quantitative estimate of drug-likeness (QED) is 0.751. The molecule has 3 heteroatoms. The summed E-state index contributed by atoms with van der Waals surface area (Å²) >= 11 is 1.69. The van der Waals surface area contributed by atoms with Crippen molar-refractivity contribution in [1.82, 2.24) is 0 Å². The number of thiophene rings is 1. The van der Waals surface area contributed by atoms with E-state index in [0.717, 1.165) is 17.1 Å². The topological polar surface area (TPSA) is 29.5 Å². The van der Waals surface area contributed by atoms with Crippen LogP contribution in [-0.2, 0) is 6.61 Å². The lowest BCUT2D eigenvalue weighted by atomic mass is 10.1. The molecule has 0 bridgehead atoms. The smallest absolute Gasteiger partial charge is 0.127 e. The Kier molecular flexibility index (Phi) is 3.81. The third-order valence-corrected chi connectivity index (χ3v) is 3.73. The summed E-state index contributed by atoms with van der Waals surface area (Å²) in [5.41, 5.74) is 3.30. The summed E-state index contributed by atoms with van der Waals surface area (Å²) < 4.78 is 5.77. The first-order valence-corrected chi connectivity index (χ1v) is 7.30. The summed E-state index contributed by atoms with van der Waals surface area (Å²) in [7, 11) is 0. The van der Waals surface area contributed by atoms with Crippen LogP contribution in [0.4, 0.5) is 0 Å². The molecule has 0 radical (unpaired) electrons. The van der Waals surface area contributed by atoms with E-state index in [9.17, 15) is 0 Å². The maximum atomic E-state index is 9.00. The average molecular weight is 282 g/mol. The number of hydrogen-bond acceptors (Lipinski definition) is 3. The molecule has 20 heavy (non-hydrogen) atoms. The van der Waals surface area contributed by atoms with Crippen molar-refractivity contribution in [3.05, 3.63) is 70.9 Å². The zero-order valence-corrected chi connectivity index (χ0v) is 11.6. The summed E-state index contributed by atoms with van der Waals surface area (Å²) in [6.45, 7) is 0.0512. The van der Waals surface area contributed by atoms with Crippen molar-refractivity contribution < 1.29 is 9.84 Å². The molecule has 1 heterocycles. The molecule has 3 aromatic rings. The number of hydrogen-bond donors (Lipinski definition) is 1. The van der Waals surface area contributed by atoms with Crippen LogP contribution in [0.25, 0.3) is 11.1 Å². The van der Waals surface area contributed by atoms with Gasteiger partial charge in [0, 0.05) is 0 Å². The maximum Gasteiger partial charge on any atom is 0.127 e. The molecule has 1 N–H and O–H groups in total. The van der Waals surface area contributed by atoms with E-state index in [4.69, 9.17) is 9.84 Å². The highest BCUT2D eigenvalue weighted by Crippen LogP contribution is 2.27. The lowest BCUT2D eigenvalue weighted by Gasteiger charge is -2.07. The fraction of sp³-hybridized carbons (Fsp3) is 0.0588. The van der Waals surface area contributed by atoms with Gasteiger partial charge in [0.15, 0.2) is 0 Å². The Labute approximate surface area is 121 Å². The van der Waals surface area contributed by atoms with Crippen LogP contribution in [0, 0.1) is 0 Å². The Bertz CT molecular complexity index is 655. The maximum absolute atomic E-state index is 9.00. The van der Waals surface area contributed by atoms with Crippen LogP contribution >= 0.6 is 11.3 Å². The monoisotopic (exact) mass is 282 g/mol. The molecule has 0 atom stereocenters. The van der Waals surface area contributed by atoms with E-state index in [1.807, 2.05) is 36.4 Å². The lowest BCUT2D eigenvalue weighted by Crippen LogP contribution is -1.86. The second kappa shape index (κ2) is 5.90. The Hall–Kier alpha value is -2.10. The van der Waals surface area contributed by atoms with Gasteiger partial charge < -0.3 is 9.84 Å². The number of aliphatic hydroxyl groups excluding tert-OH is 1. The molecular weight excluding hydrogens is 268 g/mol. The van der Waals surface area contributed by atoms with E-state index in [-0.39, 0.29) is 6.61 Å². The summed E-state index contributed by atoms with van der Waals surface area (Å²) in [5, 5.41) is 13.2. The number of ether oxygens (including phenoxy) is 1. The molecule has 0 aliphatic carbocycles. The molecule has 0 amide bonds. The van der Waals surface area contributed by atoms with Gasteiger partial charge in [0.25, 0.3) is 0 Å². The molecule has 0 unspecified atom stereocenters. The predicted molar refractivity (Wildman–Crippen MR) is 82.2 cm³/mol. The molecular formula is C17H14O2S. The highest BCUT2D eigenvalue weighted by molar-refractivity contribution is 7.08. The van der Waals surface area contributed by atoms with Crippen molar-refractivity contribution in [1.29, 1.82) is 0 Å². The van der Waals surface area contributed by atoms with Gasteiger partial charge in [-0.05, 0) is 57.8 Å². The van der Waals surface area contributed by atoms with E-state index in [1.165, 1.54) is 11.1 Å². The van der Waals surface area contributed by atoms with E-state index in [1.54, 1.807) is 11.3 Å². The second-order valence-corrected chi connectivity index (χ2v) is 5.22. The largest absolute Gasteiger partial charge is 0.457 e. The molecule has 100 valence electrons. The fourth-order valence-electron chi connectivity index (χ4n) is 1.94. The van der Waals surface area contributed by atoms with Gasteiger partial charge in [0.1, 0.15) is 11.5 Å². The molecule has 0 saturated carbocycles. The van der Waals surface area contributed by atoms with Gasteiger partial charge in [-0.2, -0.15) is 11.3 Å². The van der Waals surface area contributed by atoms with Gasteiger partial charge >= 0.3 is 0 Å². The minimum atomic E-state index is 0.0512. The molecule has 2 nitrogen and oxygen atoms in total. The van der Waals surface area contributed by atoms with Gasteiger partial charge in [-0.3, -0.25) is 0 Å². The van der Waals surface area contributed by atoms with Crippen LogP contribution in [-0.4, -0.2) is 5.11 Å². The minimum Gasteiger partial charge on any atom is -0.457 e. The fourth-order valence-corrected chi connectivity index (χ4v) is 2.61. The van der Waals surface area contributed by atoms with E-state index < -0.39 is 0 Å². The summed E-state index contributed by atoms with van der Waals surface area (Å²) in [4.78, 5) is 0. The van der Waals surface area contributed by atoms with Gasteiger partial charge in [0.05, 0.1) is 6.61 Å². The third kappa shape index (κ3) is 2.90. The Morgan fingerprint density at radius 3 is 2.00 bits per heavy atom. The van der Waals surface area contributed by atoms with E-state index in [2.05, 4.69) is 29.0 Å². The van der Waals surface area contributed by atoms with Crippen molar-refractivity contribution in [3.8, 4) is 22.6 Å². The molecule has 3 rings (SSSR count). The van der Waals surface area contributed by atoms with Gasteiger partial charge in [-0.15, -0.1) is 0 Å². The minimum absolute atomic E-state index is 0.0512. The predicted octanol–water partition coefficient (Wildman–Crippen LogP) is 4.70. The number of rotatable bonds is 4. The van der Waals surface area contributed by atoms with E-state index >= 15 is 0 Å². The van der Waals surface area contributed by atoms with Crippen LogP contribution < -0.4 is 4.74 Å². The Balaban J connectivity index is 1.74. The Morgan fingerprint density at radius 1 is 0.800 bits per heavy atom. The summed E-state index contributed by atoms with van der Waals surface area (Å²) in [5.74, 6) is 1.58. The first-order valence-electron chi connectivity index (χ1n) is 6.35. The lowest BCUT2D eigenvalue weighted by molar-refractivity contribution is 0.281. The van der Waals surface area contributed by atoms with Crippen LogP contribution in [0.15, 0.2) is 65.4 Å². The highest BCUT2D eigenvalue weighted by atomic mass is 32.1. The van der Waals surface area contributed by atoms with Crippen molar-refractivity contribution >= 4 is 11.3 Å². The summed E-state index contributed by atoms with van der Waals surface area (Å²) in [6.07, 6.45) is 0. The van der Waals surface area contributed by atoms with Crippen LogP contribution in [0.1, 0.15) is 5.56 Å². The number of aliphatic hydroxyl groups is 1. The number of benzene rings is 2. The van der Waals surface area contributed by atoms with Gasteiger partial charge in [-0.1, -0.05) is 24.3 Å². The Morgan fingerprint density at radius 2 is 1.45 bits per heavy atom. The van der Waals surface area contributed by atoms with Crippen molar-refractivity contribution in [3.63, 3.8) is 0 Å². The highest BCUT2D eigenvalue weighted by Gasteiger charge is 2.00. The standard InChI is InChI=1S/C17H14O2S/c18-11-13-1-5-16(6-2-13)19-17-7-3-14(4-8-17)15-9-10-20-12-15/h1-10,12,18H,11H2. The normalized spacial score (nSPS) is 10.4. The summed E-state index contributed by atoms with van der Waals surface area (Å²) in [6, 6.07) is 17.6. The van der Waals surface area contributed by atoms with Crippen LogP contribution in [0.2, 0.25) is 0 Å². The van der Waals surface area contributed by atoms with Crippen molar-refractivity contribution in [2.24, 2.45) is 0 Å². The molecule has 1 aromatic heterocycles. The molecule has 0 saturated heterocycles. The van der Waals surface area contributed by atoms with Crippen molar-refractivity contribution in [2.45, 2.75) is 6.61 Å². The SMILES string of the molecule is OCc1ccc(Oc2ccc(-c3ccsc3)cc2)cc1. The first kappa shape index (κ1) is 12.9. The molecule has 0 aliphatic rings. The molecule has 0 aliphatic heterocycles. The first-order chi connectivity index (χ1) is 9.85. The zero-order chi connectivity index (χ0) is 13.8. The molecule has 2 aromatic carbocycles. The van der Waals surface area contributed by atoms with Crippen LogP contribution in [0.3, 0.4) is 0 Å². The average Bonchev–Trinajstić information content (AvgIpc) is 3.03. The van der Waals surface area contributed by atoms with Crippen LogP contribution in [0.5, 0.6) is 11.5 Å². The molecule has 0 fully saturated rings. The van der Waals surface area contributed by atoms with Gasteiger partial charge in [-0.25, -0.2) is 0 Å². The zero-order valence-electron chi connectivity index (χ0n) is 10.8. The van der Waals surface area contributed by atoms with Gasteiger partial charge in [0.2, 0.25) is 0 Å². The second-order valence-electron chi connectivity index (χ2n) is 4.44. The molecule has 0 spiro atoms. The van der Waals surface area contributed by atoms with E-state index in [0.29, 0.717) is 0 Å². The third-order valence-electron chi connectivity index (χ3n) is 3.05.